The first-order chi connectivity index (χ1) is 17.3. The Labute approximate surface area is 211 Å². The highest BCUT2D eigenvalue weighted by molar-refractivity contribution is 6.05. The van der Waals surface area contributed by atoms with E-state index in [1.165, 1.54) is 18.8 Å². The van der Waals surface area contributed by atoms with E-state index in [0.29, 0.717) is 58.3 Å². The monoisotopic (exact) mass is 504 g/mol. The maximum absolute atomic E-state index is 12.4. The molecule has 3 N–H and O–H groups in total. The van der Waals surface area contributed by atoms with Crippen molar-refractivity contribution in [2.75, 3.05) is 19.8 Å². The van der Waals surface area contributed by atoms with Gasteiger partial charge in [0.1, 0.15) is 0 Å². The molecule has 1 aromatic carbocycles. The molecule has 0 atom stereocenters. The molecule has 36 heavy (non-hydrogen) atoms. The van der Waals surface area contributed by atoms with Gasteiger partial charge in [0, 0.05) is 0 Å². The number of unbranched alkanes of at least 4 members (excludes halogenated alkanes) is 3. The van der Waals surface area contributed by atoms with Gasteiger partial charge in [-0.05, 0) is 74.5 Å². The van der Waals surface area contributed by atoms with Crippen LogP contribution in [0, 0.1) is 0 Å². The molecule has 1 aromatic rings. The normalized spacial score (nSPS) is 10.3. The van der Waals surface area contributed by atoms with E-state index < -0.39 is 17.9 Å². The summed E-state index contributed by atoms with van der Waals surface area (Å²) in [6.07, 6.45) is 7.39. The predicted molar refractivity (Wildman–Crippen MR) is 135 cm³/mol. The molecule has 1 rings (SSSR count). The second-order valence-electron chi connectivity index (χ2n) is 7.96. The largest absolute Gasteiger partial charge is 0.502 e. The number of hydrogen-bond acceptors (Lipinski definition) is 6. The molecule has 0 aliphatic rings. The first kappa shape index (κ1) is 30.3. The zero-order chi connectivity index (χ0) is 26.9. The Morgan fingerprint density at radius 2 is 0.778 bits per heavy atom. The first-order valence-corrected chi connectivity index (χ1v) is 11.9. The highest BCUT2D eigenvalue weighted by atomic mass is 16.5. The van der Waals surface area contributed by atoms with Gasteiger partial charge in [0.25, 0.3) is 0 Å². The van der Waals surface area contributed by atoms with Gasteiger partial charge in [0.2, 0.25) is 0 Å². The van der Waals surface area contributed by atoms with Crippen molar-refractivity contribution in [2.45, 2.75) is 57.8 Å². The highest BCUT2D eigenvalue weighted by Gasteiger charge is 2.32. The quantitative estimate of drug-likeness (QED) is 0.152. The van der Waals surface area contributed by atoms with Crippen LogP contribution in [0.4, 0.5) is 0 Å². The van der Waals surface area contributed by atoms with Crippen LogP contribution in [0.3, 0.4) is 0 Å². The summed E-state index contributed by atoms with van der Waals surface area (Å²) in [5, 5.41) is 30.4. The van der Waals surface area contributed by atoms with Gasteiger partial charge in [0.05, 0.1) is 55.3 Å². The van der Waals surface area contributed by atoms with Gasteiger partial charge < -0.3 is 29.5 Å². The van der Waals surface area contributed by atoms with Crippen molar-refractivity contribution in [1.29, 1.82) is 0 Å². The molecule has 0 aliphatic carbocycles. The predicted octanol–water partition coefficient (Wildman–Crippen LogP) is 5.23. The fourth-order valence-electron chi connectivity index (χ4n) is 4.16. The topological polar surface area (TPSA) is 140 Å². The molecule has 0 aliphatic heterocycles. The van der Waals surface area contributed by atoms with Crippen molar-refractivity contribution < 1.29 is 43.9 Å². The molecule has 0 bridgehead atoms. The van der Waals surface area contributed by atoms with Crippen molar-refractivity contribution >= 4 is 17.9 Å². The van der Waals surface area contributed by atoms with Crippen LogP contribution in [-0.4, -0.2) is 53.0 Å². The highest BCUT2D eigenvalue weighted by Crippen LogP contribution is 2.33. The van der Waals surface area contributed by atoms with Crippen LogP contribution in [0.2, 0.25) is 0 Å². The van der Waals surface area contributed by atoms with Crippen LogP contribution in [-0.2, 0) is 33.5 Å². The number of aromatic carboxylic acids is 3. The Morgan fingerprint density at radius 3 is 0.972 bits per heavy atom. The summed E-state index contributed by atoms with van der Waals surface area (Å²) in [6.45, 7) is 11.5. The molecule has 0 heterocycles. The molecule has 0 aromatic heterocycles. The lowest BCUT2D eigenvalue weighted by Crippen LogP contribution is -2.22. The first-order valence-electron chi connectivity index (χ1n) is 11.9. The van der Waals surface area contributed by atoms with E-state index in [9.17, 15) is 29.7 Å². The minimum absolute atomic E-state index is 0.147. The number of rotatable bonds is 21. The van der Waals surface area contributed by atoms with Gasteiger partial charge in [-0.3, -0.25) is 0 Å². The Hall–Kier alpha value is -3.75. The van der Waals surface area contributed by atoms with E-state index in [1.54, 1.807) is 0 Å². The van der Waals surface area contributed by atoms with E-state index in [4.69, 9.17) is 14.2 Å². The third-order valence-corrected chi connectivity index (χ3v) is 5.62. The lowest BCUT2D eigenvalue weighted by molar-refractivity contribution is 0.0693. The second-order valence-corrected chi connectivity index (χ2v) is 7.96. The Kier molecular flexibility index (Phi) is 14.1. The van der Waals surface area contributed by atoms with E-state index in [2.05, 4.69) is 19.7 Å². The van der Waals surface area contributed by atoms with Crippen LogP contribution in [0.15, 0.2) is 38.5 Å². The van der Waals surface area contributed by atoms with Crippen molar-refractivity contribution in [3.8, 4) is 0 Å². The minimum atomic E-state index is -1.35. The molecule has 0 saturated heterocycles. The molecule has 9 heteroatoms. The average molecular weight is 505 g/mol. The Morgan fingerprint density at radius 1 is 0.528 bits per heavy atom. The van der Waals surface area contributed by atoms with Gasteiger partial charge in [-0.2, -0.15) is 0 Å². The molecular formula is C27H36O9. The summed E-state index contributed by atoms with van der Waals surface area (Å²) < 4.78 is 15.3. The van der Waals surface area contributed by atoms with Gasteiger partial charge >= 0.3 is 17.9 Å². The van der Waals surface area contributed by atoms with Crippen LogP contribution >= 0.6 is 0 Å². The Balaban J connectivity index is 3.64. The second kappa shape index (κ2) is 16.8. The molecule has 0 spiro atoms. The molecule has 9 nitrogen and oxygen atoms in total. The summed E-state index contributed by atoms with van der Waals surface area (Å²) in [4.78, 5) is 37.3. The summed E-state index contributed by atoms with van der Waals surface area (Å²) in [5.41, 5.74) is -0.275. The van der Waals surface area contributed by atoms with E-state index in [-0.39, 0.29) is 52.6 Å². The van der Waals surface area contributed by atoms with Crippen LogP contribution < -0.4 is 0 Å². The molecule has 0 radical (unpaired) electrons. The number of carboxylic acids is 3. The third-order valence-electron chi connectivity index (χ3n) is 5.62. The maximum atomic E-state index is 12.4. The SMILES string of the molecule is C=COCCCCc1c(C(=O)O)c(CCCCOC=C)c(C(=O)O)c(CCCCOC=C)c1C(=O)O. The number of hydrogen-bond donors (Lipinski definition) is 3. The number of carbonyl (C=O) groups is 3. The number of benzene rings is 1. The Bertz CT molecular complexity index is 794. The smallest absolute Gasteiger partial charge is 0.336 e. The fourth-order valence-corrected chi connectivity index (χ4v) is 4.16. The summed E-state index contributed by atoms with van der Waals surface area (Å²) in [7, 11) is 0. The zero-order valence-corrected chi connectivity index (χ0v) is 20.6. The van der Waals surface area contributed by atoms with Gasteiger partial charge in [0.15, 0.2) is 0 Å². The average Bonchev–Trinajstić information content (AvgIpc) is 2.82. The van der Waals surface area contributed by atoms with Gasteiger partial charge in [-0.15, -0.1) is 0 Å². The maximum Gasteiger partial charge on any atom is 0.336 e. The zero-order valence-electron chi connectivity index (χ0n) is 20.6. The van der Waals surface area contributed by atoms with E-state index >= 15 is 0 Å². The molecule has 0 amide bonds. The summed E-state index contributed by atoms with van der Waals surface area (Å²) in [5.74, 6) is -4.04. The van der Waals surface area contributed by atoms with Crippen molar-refractivity contribution in [2.24, 2.45) is 0 Å². The standard InChI is InChI=1S/C27H36O9/c1-4-34-16-10-7-13-19-22(25(28)29)20(14-8-11-17-35-5-2)24(27(32)33)21(23(19)26(30)31)15-9-12-18-36-6-3/h4-6H,1-3,7-18H2,(H,28,29)(H,30,31)(H,32,33). The molecular weight excluding hydrogens is 468 g/mol. The van der Waals surface area contributed by atoms with Crippen LogP contribution in [0.5, 0.6) is 0 Å². The van der Waals surface area contributed by atoms with E-state index in [0.717, 1.165) is 0 Å². The number of carboxylic acid groups (broad SMARTS) is 3. The molecule has 198 valence electrons. The van der Waals surface area contributed by atoms with Crippen LogP contribution in [0.25, 0.3) is 0 Å². The summed E-state index contributed by atoms with van der Waals surface area (Å²) >= 11 is 0. The lowest BCUT2D eigenvalue weighted by atomic mass is 9.81. The van der Waals surface area contributed by atoms with Crippen molar-refractivity contribution in [3.05, 3.63) is 71.9 Å². The van der Waals surface area contributed by atoms with Gasteiger partial charge in [-0.1, -0.05) is 19.7 Å². The molecule has 0 fully saturated rings. The van der Waals surface area contributed by atoms with Gasteiger partial charge in [-0.25, -0.2) is 14.4 Å². The van der Waals surface area contributed by atoms with E-state index in [1.807, 2.05) is 0 Å². The molecule has 0 unspecified atom stereocenters. The fraction of sp³-hybridized carbons (Fsp3) is 0.444. The third kappa shape index (κ3) is 9.13. The van der Waals surface area contributed by atoms with Crippen molar-refractivity contribution in [3.63, 3.8) is 0 Å². The van der Waals surface area contributed by atoms with Crippen LogP contribution in [0.1, 0.15) is 86.3 Å². The van der Waals surface area contributed by atoms with Crippen molar-refractivity contribution in [1.82, 2.24) is 0 Å². The molecule has 0 saturated carbocycles. The summed E-state index contributed by atoms with van der Waals surface area (Å²) in [6, 6.07) is 0. The lowest BCUT2D eigenvalue weighted by Gasteiger charge is -2.22. The number of ether oxygens (including phenoxy) is 3. The minimum Gasteiger partial charge on any atom is -0.502 e.